The van der Waals surface area contributed by atoms with Crippen LogP contribution in [0.1, 0.15) is 23.6 Å². The first-order chi connectivity index (χ1) is 16.0. The van der Waals surface area contributed by atoms with E-state index in [2.05, 4.69) is 45.7 Å². The van der Waals surface area contributed by atoms with E-state index < -0.39 is 11.8 Å². The fraction of sp³-hybridized carbons (Fsp3) is 0.440. The summed E-state index contributed by atoms with van der Waals surface area (Å²) in [6.07, 6.45) is 4.18. The molecule has 2 N–H and O–H groups in total. The molecule has 2 aliphatic rings. The summed E-state index contributed by atoms with van der Waals surface area (Å²) in [5.74, 6) is -1.28. The molecular formula is C25H32N4O3S. The summed E-state index contributed by atoms with van der Waals surface area (Å²) >= 11 is 1.59. The van der Waals surface area contributed by atoms with Crippen molar-refractivity contribution in [3.63, 3.8) is 0 Å². The molecule has 0 unspecified atom stereocenters. The minimum atomic E-state index is -0.652. The molecule has 1 fully saturated rings. The van der Waals surface area contributed by atoms with Gasteiger partial charge in [0.15, 0.2) is 0 Å². The van der Waals surface area contributed by atoms with E-state index in [1.807, 2.05) is 24.5 Å². The van der Waals surface area contributed by atoms with Gasteiger partial charge in [0.1, 0.15) is 0 Å². The third kappa shape index (κ3) is 5.88. The van der Waals surface area contributed by atoms with Crippen LogP contribution in [-0.2, 0) is 20.7 Å². The molecule has 33 heavy (non-hydrogen) atoms. The Morgan fingerprint density at radius 1 is 1.09 bits per heavy atom. The fourth-order valence-corrected chi connectivity index (χ4v) is 4.98. The second-order valence-electron chi connectivity index (χ2n) is 8.47. The van der Waals surface area contributed by atoms with Gasteiger partial charge in [0, 0.05) is 49.5 Å². The number of nitrogens with one attached hydrogen (secondary N) is 2. The molecule has 0 radical (unpaired) electrons. The first-order valence-electron chi connectivity index (χ1n) is 11.4. The highest BCUT2D eigenvalue weighted by Gasteiger charge is 2.26. The van der Waals surface area contributed by atoms with Gasteiger partial charge < -0.3 is 20.3 Å². The van der Waals surface area contributed by atoms with Crippen molar-refractivity contribution in [2.75, 3.05) is 62.9 Å². The number of nitrogens with zero attached hydrogens (tertiary/aromatic N) is 2. The minimum Gasteiger partial charge on any atom is -0.379 e. The average Bonchev–Trinajstić information content (AvgIpc) is 2.85. The van der Waals surface area contributed by atoms with Crippen molar-refractivity contribution in [3.05, 3.63) is 53.6 Å². The Kier molecular flexibility index (Phi) is 7.90. The standard InChI is InChI=1S/C25H32N4O3S/c1-28-10-4-5-18-15-19(8-9-22(18)28)23(29-11-13-32-14-12-29)17-26-24(30)25(31)27-20-6-3-7-21(16-20)33-2/h3,6-9,15-16,23H,4-5,10-14,17H2,1-2H3,(H,26,30)(H,27,31)/t23-/m1/s1. The number of carbonyl (C=O) groups excluding carboxylic acids is 2. The minimum absolute atomic E-state index is 0.0111. The van der Waals surface area contributed by atoms with Gasteiger partial charge in [-0.25, -0.2) is 0 Å². The highest BCUT2D eigenvalue weighted by atomic mass is 32.2. The van der Waals surface area contributed by atoms with E-state index in [-0.39, 0.29) is 6.04 Å². The van der Waals surface area contributed by atoms with E-state index in [0.29, 0.717) is 25.4 Å². The number of carbonyl (C=O) groups is 2. The van der Waals surface area contributed by atoms with Gasteiger partial charge in [0.2, 0.25) is 0 Å². The van der Waals surface area contributed by atoms with Gasteiger partial charge in [0.25, 0.3) is 0 Å². The summed E-state index contributed by atoms with van der Waals surface area (Å²) in [5.41, 5.74) is 4.41. The molecular weight excluding hydrogens is 436 g/mol. The van der Waals surface area contributed by atoms with Crippen LogP contribution in [-0.4, -0.2) is 69.4 Å². The zero-order valence-corrected chi connectivity index (χ0v) is 20.1. The molecule has 0 aliphatic carbocycles. The van der Waals surface area contributed by atoms with Crippen LogP contribution in [0.4, 0.5) is 11.4 Å². The molecule has 2 aliphatic heterocycles. The van der Waals surface area contributed by atoms with Crippen molar-refractivity contribution in [2.45, 2.75) is 23.8 Å². The molecule has 2 amide bonds. The maximum absolute atomic E-state index is 12.6. The third-order valence-electron chi connectivity index (χ3n) is 6.32. The summed E-state index contributed by atoms with van der Waals surface area (Å²) in [4.78, 5) is 30.8. The number of ether oxygens (including phenoxy) is 1. The molecule has 7 nitrogen and oxygen atoms in total. The lowest BCUT2D eigenvalue weighted by atomic mass is 9.95. The van der Waals surface area contributed by atoms with Crippen LogP contribution in [0.3, 0.4) is 0 Å². The van der Waals surface area contributed by atoms with E-state index in [1.54, 1.807) is 17.8 Å². The Hall–Kier alpha value is -2.55. The highest BCUT2D eigenvalue weighted by Crippen LogP contribution is 2.31. The largest absolute Gasteiger partial charge is 0.379 e. The zero-order chi connectivity index (χ0) is 23.2. The Morgan fingerprint density at radius 2 is 1.91 bits per heavy atom. The van der Waals surface area contributed by atoms with Crippen LogP contribution in [0.5, 0.6) is 0 Å². The summed E-state index contributed by atoms with van der Waals surface area (Å²) < 4.78 is 5.54. The number of rotatable bonds is 6. The molecule has 2 aromatic carbocycles. The van der Waals surface area contributed by atoms with Crippen molar-refractivity contribution in [1.82, 2.24) is 10.2 Å². The Bertz CT molecular complexity index is 993. The van der Waals surface area contributed by atoms with Gasteiger partial charge >= 0.3 is 11.8 Å². The van der Waals surface area contributed by atoms with Crippen molar-refractivity contribution in [3.8, 4) is 0 Å². The van der Waals surface area contributed by atoms with Crippen molar-refractivity contribution in [2.24, 2.45) is 0 Å². The first-order valence-corrected chi connectivity index (χ1v) is 12.7. The number of hydrogen-bond donors (Lipinski definition) is 2. The van der Waals surface area contributed by atoms with Gasteiger partial charge in [-0.15, -0.1) is 11.8 Å². The van der Waals surface area contributed by atoms with Crippen molar-refractivity contribution < 1.29 is 14.3 Å². The zero-order valence-electron chi connectivity index (χ0n) is 19.3. The molecule has 0 spiro atoms. The van der Waals surface area contributed by atoms with Crippen LogP contribution in [0.2, 0.25) is 0 Å². The lowest BCUT2D eigenvalue weighted by Crippen LogP contribution is -2.45. The van der Waals surface area contributed by atoms with E-state index in [9.17, 15) is 9.59 Å². The molecule has 4 rings (SSSR count). The number of anilines is 2. The lowest BCUT2D eigenvalue weighted by molar-refractivity contribution is -0.136. The summed E-state index contributed by atoms with van der Waals surface area (Å²) in [7, 11) is 2.13. The van der Waals surface area contributed by atoms with Gasteiger partial charge in [-0.05, 0) is 54.5 Å². The molecule has 8 heteroatoms. The molecule has 2 aromatic rings. The Balaban J connectivity index is 1.45. The van der Waals surface area contributed by atoms with Crippen LogP contribution in [0.15, 0.2) is 47.4 Å². The van der Waals surface area contributed by atoms with Gasteiger partial charge in [-0.2, -0.15) is 0 Å². The molecule has 2 heterocycles. The summed E-state index contributed by atoms with van der Waals surface area (Å²) in [6.45, 7) is 4.38. The smallest absolute Gasteiger partial charge is 0.313 e. The number of hydrogen-bond acceptors (Lipinski definition) is 6. The van der Waals surface area contributed by atoms with Crippen LogP contribution in [0.25, 0.3) is 0 Å². The Labute approximate surface area is 199 Å². The summed E-state index contributed by atoms with van der Waals surface area (Å²) in [6, 6.07) is 14.1. The number of benzene rings is 2. The predicted octanol–water partition coefficient (Wildman–Crippen LogP) is 2.92. The van der Waals surface area contributed by atoms with Crippen LogP contribution >= 0.6 is 11.8 Å². The number of fused-ring (bicyclic) bond motifs is 1. The number of morpholine rings is 1. The Morgan fingerprint density at radius 3 is 2.70 bits per heavy atom. The predicted molar refractivity (Wildman–Crippen MR) is 133 cm³/mol. The number of thioether (sulfide) groups is 1. The van der Waals surface area contributed by atoms with E-state index in [1.165, 1.54) is 16.8 Å². The fourth-order valence-electron chi connectivity index (χ4n) is 4.52. The normalized spacial score (nSPS) is 17.2. The van der Waals surface area contributed by atoms with Crippen LogP contribution in [0, 0.1) is 0 Å². The molecule has 1 saturated heterocycles. The molecule has 0 saturated carbocycles. The van der Waals surface area contributed by atoms with E-state index in [0.717, 1.165) is 37.4 Å². The highest BCUT2D eigenvalue weighted by molar-refractivity contribution is 7.98. The number of amides is 2. The van der Waals surface area contributed by atoms with E-state index >= 15 is 0 Å². The van der Waals surface area contributed by atoms with Gasteiger partial charge in [-0.1, -0.05) is 18.2 Å². The van der Waals surface area contributed by atoms with Gasteiger partial charge in [0.05, 0.1) is 19.3 Å². The van der Waals surface area contributed by atoms with Crippen LogP contribution < -0.4 is 15.5 Å². The lowest BCUT2D eigenvalue weighted by Gasteiger charge is -2.36. The van der Waals surface area contributed by atoms with Crippen molar-refractivity contribution >= 4 is 35.0 Å². The topological polar surface area (TPSA) is 73.9 Å². The maximum Gasteiger partial charge on any atom is 0.313 e. The molecule has 1 atom stereocenters. The van der Waals surface area contributed by atoms with Crippen molar-refractivity contribution in [1.29, 1.82) is 0 Å². The van der Waals surface area contributed by atoms with E-state index in [4.69, 9.17) is 4.74 Å². The molecule has 0 bridgehead atoms. The quantitative estimate of drug-likeness (QED) is 0.502. The first kappa shape index (κ1) is 23.6. The second-order valence-corrected chi connectivity index (χ2v) is 9.35. The number of aryl methyl sites for hydroxylation is 1. The van der Waals surface area contributed by atoms with Gasteiger partial charge in [-0.3, -0.25) is 14.5 Å². The third-order valence-corrected chi connectivity index (χ3v) is 7.04. The SMILES string of the molecule is CSc1cccc(NC(=O)C(=O)NC[C@H](c2ccc3c(c2)CCCN3C)N2CCOCC2)c1. The maximum atomic E-state index is 12.6. The second kappa shape index (κ2) is 11.0. The monoisotopic (exact) mass is 468 g/mol. The molecule has 0 aromatic heterocycles. The average molecular weight is 469 g/mol. The molecule has 176 valence electrons. The summed E-state index contributed by atoms with van der Waals surface area (Å²) in [5, 5.41) is 5.57.